The molecule has 1 aliphatic rings. The minimum Gasteiger partial charge on any atom is -0.465 e. The number of amides is 1. The quantitative estimate of drug-likeness (QED) is 0.793. The third-order valence-corrected chi connectivity index (χ3v) is 5.42. The monoisotopic (exact) mass is 351 g/mol. The van der Waals surface area contributed by atoms with Gasteiger partial charge in [0.25, 0.3) is 0 Å². The third-order valence-electron chi connectivity index (χ3n) is 5.19. The first-order chi connectivity index (χ1) is 11.1. The summed E-state index contributed by atoms with van der Waals surface area (Å²) in [6.45, 7) is 6.19. The fourth-order valence-electron chi connectivity index (χ4n) is 4.64. The average Bonchev–Trinajstić information content (AvgIpc) is 2.82. The number of fused-ring (bicyclic) bond motifs is 1. The van der Waals surface area contributed by atoms with Gasteiger partial charge in [-0.25, -0.2) is 4.79 Å². The Morgan fingerprint density at radius 1 is 1.46 bits per heavy atom. The minimum atomic E-state index is -0.942. The van der Waals surface area contributed by atoms with Crippen LogP contribution in [0.3, 0.4) is 0 Å². The molecule has 4 nitrogen and oxygen atoms in total. The van der Waals surface area contributed by atoms with Gasteiger partial charge >= 0.3 is 6.09 Å². The van der Waals surface area contributed by atoms with E-state index in [-0.39, 0.29) is 16.9 Å². The lowest BCUT2D eigenvalue weighted by Crippen LogP contribution is -2.56. The molecule has 0 aromatic heterocycles. The average molecular weight is 352 g/mol. The maximum Gasteiger partial charge on any atom is 0.407 e. The highest BCUT2D eigenvalue weighted by atomic mass is 35.5. The maximum atomic E-state index is 11.8. The van der Waals surface area contributed by atoms with E-state index in [0.29, 0.717) is 17.9 Å². The first-order valence-corrected chi connectivity index (χ1v) is 8.69. The molecule has 0 saturated carbocycles. The first kappa shape index (κ1) is 18.8. The van der Waals surface area contributed by atoms with Crippen LogP contribution < -0.4 is 0 Å². The Labute approximate surface area is 148 Å². The van der Waals surface area contributed by atoms with Gasteiger partial charge in [-0.1, -0.05) is 38.4 Å². The van der Waals surface area contributed by atoms with Gasteiger partial charge < -0.3 is 14.8 Å². The predicted molar refractivity (Wildman–Crippen MR) is 95.8 cm³/mol. The van der Waals surface area contributed by atoms with E-state index in [1.807, 2.05) is 18.2 Å². The summed E-state index contributed by atoms with van der Waals surface area (Å²) in [5.41, 5.74) is 1.67. The number of likely N-dealkylation sites (N-methyl/N-ethyl adjacent to an activating group) is 1. The lowest BCUT2D eigenvalue weighted by molar-refractivity contribution is -0.108. The number of carbonyl (C=O) groups is 2. The molecule has 2 atom stereocenters. The second-order valence-electron chi connectivity index (χ2n) is 7.82. The van der Waals surface area contributed by atoms with E-state index in [9.17, 15) is 14.7 Å². The van der Waals surface area contributed by atoms with E-state index >= 15 is 0 Å². The summed E-state index contributed by atoms with van der Waals surface area (Å²) in [6.07, 6.45) is 2.73. The van der Waals surface area contributed by atoms with Crippen LogP contribution in [0.5, 0.6) is 0 Å². The van der Waals surface area contributed by atoms with Crippen LogP contribution in [0.4, 0.5) is 4.79 Å². The molecule has 0 bridgehead atoms. The zero-order valence-electron chi connectivity index (χ0n) is 14.8. The number of rotatable bonds is 5. The van der Waals surface area contributed by atoms with Crippen LogP contribution in [0.2, 0.25) is 5.02 Å². The molecule has 0 saturated heterocycles. The molecule has 0 heterocycles. The summed E-state index contributed by atoms with van der Waals surface area (Å²) >= 11 is 6.14. The number of aryl methyl sites for hydroxylation is 1. The van der Waals surface area contributed by atoms with E-state index in [1.165, 1.54) is 10.5 Å². The van der Waals surface area contributed by atoms with E-state index < -0.39 is 6.09 Å². The van der Waals surface area contributed by atoms with Crippen LogP contribution >= 0.6 is 11.6 Å². The molecule has 1 amide bonds. The number of hydrogen-bond donors (Lipinski definition) is 1. The summed E-state index contributed by atoms with van der Waals surface area (Å²) < 4.78 is 0. The van der Waals surface area contributed by atoms with Crippen molar-refractivity contribution in [1.82, 2.24) is 4.90 Å². The Hall–Kier alpha value is -1.55. The molecule has 1 aliphatic carbocycles. The van der Waals surface area contributed by atoms with Crippen molar-refractivity contribution in [2.75, 3.05) is 7.05 Å². The van der Waals surface area contributed by atoms with Crippen molar-refractivity contribution in [2.24, 2.45) is 5.41 Å². The molecule has 0 aliphatic heterocycles. The summed E-state index contributed by atoms with van der Waals surface area (Å²) in [5, 5.41) is 10.3. The van der Waals surface area contributed by atoms with E-state index in [4.69, 9.17) is 11.6 Å². The lowest BCUT2D eigenvalue weighted by Gasteiger charge is -2.49. The standard InChI is InChI=1S/C19H26ClNO3/c1-18(2,3)16(21(4)17(23)24)19(9-5-11-22)10-8-13-12-14(20)6-7-15(13)19/h6-7,11-12,16H,5,8-10H2,1-4H3,(H,23,24). The highest BCUT2D eigenvalue weighted by Gasteiger charge is 2.51. The SMILES string of the molecule is CN(C(=O)O)C(C(C)(C)C)C1(CCC=O)CCc2cc(Cl)ccc21. The molecule has 132 valence electrons. The molecule has 0 spiro atoms. The normalized spacial score (nSPS) is 21.2. The van der Waals surface area contributed by atoms with Crippen molar-refractivity contribution in [2.45, 2.75) is 57.9 Å². The predicted octanol–water partition coefficient (Wildman–Crippen LogP) is 4.53. The van der Waals surface area contributed by atoms with Crippen molar-refractivity contribution in [3.8, 4) is 0 Å². The topological polar surface area (TPSA) is 57.6 Å². The van der Waals surface area contributed by atoms with Crippen molar-refractivity contribution in [3.05, 3.63) is 34.3 Å². The number of aldehydes is 1. The zero-order chi connectivity index (χ0) is 18.1. The fraction of sp³-hybridized carbons (Fsp3) is 0.579. The highest BCUT2D eigenvalue weighted by Crippen LogP contribution is 2.51. The van der Waals surface area contributed by atoms with Gasteiger partial charge in [0.15, 0.2) is 0 Å². The van der Waals surface area contributed by atoms with Crippen LogP contribution in [-0.4, -0.2) is 35.5 Å². The minimum absolute atomic E-state index is 0.232. The van der Waals surface area contributed by atoms with Gasteiger partial charge in [-0.05, 0) is 47.9 Å². The van der Waals surface area contributed by atoms with Crippen molar-refractivity contribution in [3.63, 3.8) is 0 Å². The Morgan fingerprint density at radius 2 is 2.12 bits per heavy atom. The fourth-order valence-corrected chi connectivity index (χ4v) is 4.83. The first-order valence-electron chi connectivity index (χ1n) is 8.32. The van der Waals surface area contributed by atoms with Gasteiger partial charge in [0.05, 0.1) is 0 Å². The molecule has 2 unspecified atom stereocenters. The van der Waals surface area contributed by atoms with E-state index in [2.05, 4.69) is 20.8 Å². The summed E-state index contributed by atoms with van der Waals surface area (Å²) in [5.74, 6) is 0. The second-order valence-corrected chi connectivity index (χ2v) is 8.26. The second kappa shape index (κ2) is 6.75. The van der Waals surface area contributed by atoms with Gasteiger partial charge in [-0.15, -0.1) is 0 Å². The van der Waals surface area contributed by atoms with Crippen LogP contribution in [0.25, 0.3) is 0 Å². The van der Waals surface area contributed by atoms with E-state index in [0.717, 1.165) is 24.7 Å². The van der Waals surface area contributed by atoms with Crippen molar-refractivity contribution >= 4 is 24.0 Å². The van der Waals surface area contributed by atoms with E-state index in [1.54, 1.807) is 7.05 Å². The largest absolute Gasteiger partial charge is 0.465 e. The molecular weight excluding hydrogens is 326 g/mol. The third kappa shape index (κ3) is 3.30. The molecule has 0 radical (unpaired) electrons. The Balaban J connectivity index is 2.64. The van der Waals surface area contributed by atoms with Gasteiger partial charge in [0, 0.05) is 29.9 Å². The van der Waals surface area contributed by atoms with Gasteiger partial charge in [-0.2, -0.15) is 0 Å². The molecule has 2 rings (SSSR count). The molecule has 24 heavy (non-hydrogen) atoms. The summed E-state index contributed by atoms with van der Waals surface area (Å²) in [6, 6.07) is 5.62. The number of carbonyl (C=O) groups excluding carboxylic acids is 1. The Morgan fingerprint density at radius 3 is 2.67 bits per heavy atom. The molecule has 1 aromatic rings. The van der Waals surface area contributed by atoms with Gasteiger partial charge in [0.1, 0.15) is 6.29 Å². The number of hydrogen-bond acceptors (Lipinski definition) is 2. The van der Waals surface area contributed by atoms with Crippen LogP contribution in [-0.2, 0) is 16.6 Å². The Bertz CT molecular complexity index is 638. The summed E-state index contributed by atoms with van der Waals surface area (Å²) in [7, 11) is 1.63. The zero-order valence-corrected chi connectivity index (χ0v) is 15.6. The van der Waals surface area contributed by atoms with Crippen molar-refractivity contribution < 1.29 is 14.7 Å². The van der Waals surface area contributed by atoms with Crippen LogP contribution in [0.15, 0.2) is 18.2 Å². The number of nitrogens with zero attached hydrogens (tertiary/aromatic N) is 1. The van der Waals surface area contributed by atoms with Crippen molar-refractivity contribution in [1.29, 1.82) is 0 Å². The molecule has 5 heteroatoms. The maximum absolute atomic E-state index is 11.8. The summed E-state index contributed by atoms with van der Waals surface area (Å²) in [4.78, 5) is 24.3. The van der Waals surface area contributed by atoms with Gasteiger partial charge in [0.2, 0.25) is 0 Å². The Kier molecular flexibility index (Phi) is 5.28. The van der Waals surface area contributed by atoms with Gasteiger partial charge in [-0.3, -0.25) is 0 Å². The number of benzene rings is 1. The molecule has 1 N–H and O–H groups in total. The highest BCUT2D eigenvalue weighted by molar-refractivity contribution is 6.30. The molecular formula is C19H26ClNO3. The number of carboxylic acid groups (broad SMARTS) is 1. The lowest BCUT2D eigenvalue weighted by atomic mass is 9.63. The van der Waals surface area contributed by atoms with Crippen LogP contribution in [0.1, 0.15) is 51.2 Å². The number of halogens is 1. The molecule has 0 fully saturated rings. The smallest absolute Gasteiger partial charge is 0.407 e. The van der Waals surface area contributed by atoms with Crippen LogP contribution in [0, 0.1) is 5.41 Å². The molecule has 1 aromatic carbocycles.